The Morgan fingerprint density at radius 2 is 1.86 bits per heavy atom. The summed E-state index contributed by atoms with van der Waals surface area (Å²) in [6.07, 6.45) is 11.0. The minimum absolute atomic E-state index is 0.106. The van der Waals surface area contributed by atoms with Crippen molar-refractivity contribution in [3.63, 3.8) is 0 Å². The lowest BCUT2D eigenvalue weighted by atomic mass is 9.79. The van der Waals surface area contributed by atoms with Gasteiger partial charge in [0.2, 0.25) is 0 Å². The van der Waals surface area contributed by atoms with Crippen molar-refractivity contribution in [2.24, 2.45) is 5.41 Å². The average Bonchev–Trinajstić information content (AvgIpc) is 3.46. The van der Waals surface area contributed by atoms with Crippen molar-refractivity contribution in [3.05, 3.63) is 66.2 Å². The fraction of sp³-hybridized carbons (Fsp3) is 0.500. The Morgan fingerprint density at radius 3 is 2.43 bits per heavy atom. The largest absolute Gasteiger partial charge is 0.480 e. The van der Waals surface area contributed by atoms with Gasteiger partial charge in [0.15, 0.2) is 9.84 Å². The van der Waals surface area contributed by atoms with Crippen molar-refractivity contribution in [2.45, 2.75) is 87.6 Å². The summed E-state index contributed by atoms with van der Waals surface area (Å²) in [4.78, 5) is 22.8. The first-order valence-electron chi connectivity index (χ1n) is 14.8. The summed E-state index contributed by atoms with van der Waals surface area (Å²) < 4.78 is 28.7. The van der Waals surface area contributed by atoms with Crippen LogP contribution in [0.2, 0.25) is 0 Å². The second-order valence-corrected chi connectivity index (χ2v) is 14.6. The molecule has 3 aromatic rings. The predicted octanol–water partition coefficient (Wildman–Crippen LogP) is 6.60. The Labute approximate surface area is 254 Å². The zero-order valence-corrected chi connectivity index (χ0v) is 26.8. The van der Waals surface area contributed by atoms with E-state index in [0.29, 0.717) is 22.8 Å². The van der Waals surface area contributed by atoms with E-state index in [1.807, 2.05) is 42.7 Å². The first-order chi connectivity index (χ1) is 20.1. The van der Waals surface area contributed by atoms with Crippen LogP contribution in [0.3, 0.4) is 0 Å². The van der Waals surface area contributed by atoms with Gasteiger partial charge in [0.25, 0.3) is 0 Å². The van der Waals surface area contributed by atoms with E-state index in [9.17, 15) is 18.3 Å². The maximum atomic E-state index is 14.3. The summed E-state index contributed by atoms with van der Waals surface area (Å²) in [5.41, 5.74) is 1.50. The molecule has 0 bridgehead atoms. The van der Waals surface area contributed by atoms with Crippen LogP contribution in [0.1, 0.15) is 70.6 Å². The van der Waals surface area contributed by atoms with E-state index in [2.05, 4.69) is 34.0 Å². The molecule has 0 fully saturated rings. The molecular weight excluding hydrogens is 569 g/mol. The fourth-order valence-corrected chi connectivity index (χ4v) is 8.74. The molecule has 4 rings (SSSR count). The van der Waals surface area contributed by atoms with Crippen LogP contribution in [0.15, 0.2) is 64.8 Å². The normalized spacial score (nSPS) is 17.3. The highest BCUT2D eigenvalue weighted by Crippen LogP contribution is 2.46. The number of fused-ring (bicyclic) bond motifs is 1. The fourth-order valence-electron chi connectivity index (χ4n) is 5.96. The molecule has 0 radical (unpaired) electrons. The van der Waals surface area contributed by atoms with E-state index in [4.69, 9.17) is 0 Å². The van der Waals surface area contributed by atoms with Crippen molar-refractivity contribution in [1.82, 2.24) is 15.3 Å². The highest BCUT2D eigenvalue weighted by Gasteiger charge is 2.42. The molecular formula is C32H44N4O4S2. The lowest BCUT2D eigenvalue weighted by Crippen LogP contribution is -2.51. The first kappa shape index (κ1) is 32.1. The van der Waals surface area contributed by atoms with Crippen LogP contribution in [-0.4, -0.2) is 53.6 Å². The molecule has 1 aliphatic rings. The van der Waals surface area contributed by atoms with Gasteiger partial charge >= 0.3 is 5.97 Å². The number of aromatic nitrogens is 2. The zero-order valence-electron chi connectivity index (χ0n) is 25.2. The van der Waals surface area contributed by atoms with E-state index >= 15 is 0 Å². The number of unbranched alkanes of at least 4 members (excludes halogenated alkanes) is 2. The van der Waals surface area contributed by atoms with Gasteiger partial charge in [-0.1, -0.05) is 57.7 Å². The molecule has 0 saturated heterocycles. The molecule has 3 N–H and O–H groups in total. The third kappa shape index (κ3) is 7.21. The monoisotopic (exact) mass is 612 g/mol. The number of hydrogen-bond donors (Lipinski definition) is 3. The lowest BCUT2D eigenvalue weighted by Gasteiger charge is -2.37. The molecule has 1 unspecified atom stereocenters. The van der Waals surface area contributed by atoms with Crippen molar-refractivity contribution >= 4 is 38.9 Å². The number of sulfone groups is 1. The molecule has 10 heteroatoms. The molecule has 0 spiro atoms. The van der Waals surface area contributed by atoms with Crippen LogP contribution < -0.4 is 10.2 Å². The Hall–Kier alpha value is -2.82. The number of H-pyrrole nitrogens is 1. The van der Waals surface area contributed by atoms with E-state index < -0.39 is 21.3 Å². The number of thioether (sulfide) groups is 1. The number of imidazole rings is 1. The molecule has 2 heterocycles. The molecule has 1 aromatic heterocycles. The summed E-state index contributed by atoms with van der Waals surface area (Å²) in [6.45, 7) is 6.80. The number of benzene rings is 2. The molecule has 0 saturated carbocycles. The summed E-state index contributed by atoms with van der Waals surface area (Å²) in [6, 6.07) is 13.8. The van der Waals surface area contributed by atoms with Crippen molar-refractivity contribution < 1.29 is 18.3 Å². The number of carbonyl (C=O) groups is 1. The van der Waals surface area contributed by atoms with Gasteiger partial charge in [0.05, 0.1) is 22.7 Å². The third-order valence-electron chi connectivity index (χ3n) is 8.41. The van der Waals surface area contributed by atoms with Crippen LogP contribution in [0.25, 0.3) is 0 Å². The standard InChI is InChI=1S/C32H44N4O4S2/c1-5-7-14-32(15-8-6-2)21-36(26-12-10-9-11-13-26)27-17-28(41-4)24(16-29(27)42(39,40)22-32)19-35-31(3,30(37)38)18-25-20-33-23-34-25/h9-13,16-17,20,23,35H,5-8,14-15,18-19,21-22H2,1-4H3,(H,33,34)(H,37,38). The maximum absolute atomic E-state index is 14.3. The number of aromatic amines is 1. The van der Waals surface area contributed by atoms with Crippen molar-refractivity contribution in [2.75, 3.05) is 23.5 Å². The van der Waals surface area contributed by atoms with Gasteiger partial charge < -0.3 is 15.0 Å². The summed E-state index contributed by atoms with van der Waals surface area (Å²) >= 11 is 1.54. The Kier molecular flexibility index (Phi) is 10.4. The number of carboxylic acids is 1. The summed E-state index contributed by atoms with van der Waals surface area (Å²) in [5, 5.41) is 13.3. The van der Waals surface area contributed by atoms with Crippen LogP contribution in [-0.2, 0) is 27.6 Å². The zero-order chi connectivity index (χ0) is 30.4. The third-order valence-corrected chi connectivity index (χ3v) is 11.2. The number of para-hydroxylation sites is 1. The smallest absolute Gasteiger partial charge is 0.324 e. The Morgan fingerprint density at radius 1 is 1.17 bits per heavy atom. The average molecular weight is 613 g/mol. The Bertz CT molecular complexity index is 1440. The van der Waals surface area contributed by atoms with Crippen molar-refractivity contribution in [1.29, 1.82) is 0 Å². The van der Waals surface area contributed by atoms with Crippen LogP contribution in [0, 0.1) is 5.41 Å². The maximum Gasteiger partial charge on any atom is 0.324 e. The SMILES string of the molecule is CCCCC1(CCCC)CN(c2ccccc2)c2cc(SC)c(CNC(C)(Cc3cnc[nH]3)C(=O)O)cc2S(=O)(=O)C1. The molecule has 8 nitrogen and oxygen atoms in total. The lowest BCUT2D eigenvalue weighted by molar-refractivity contribution is -0.144. The van der Waals surface area contributed by atoms with Gasteiger partial charge in [-0.15, -0.1) is 11.8 Å². The molecule has 1 atom stereocenters. The van der Waals surface area contributed by atoms with Gasteiger partial charge in [0, 0.05) is 47.4 Å². The molecule has 2 aromatic carbocycles. The van der Waals surface area contributed by atoms with Crippen LogP contribution in [0.4, 0.5) is 11.4 Å². The number of carboxylic acid groups (broad SMARTS) is 1. The molecule has 0 amide bonds. The summed E-state index contributed by atoms with van der Waals surface area (Å²) in [7, 11) is -3.65. The van der Waals surface area contributed by atoms with E-state index in [1.54, 1.807) is 19.2 Å². The number of hydrogen-bond acceptors (Lipinski definition) is 7. The topological polar surface area (TPSA) is 115 Å². The number of anilines is 2. The Balaban J connectivity index is 1.81. The second-order valence-electron chi connectivity index (χ2n) is 11.8. The second kappa shape index (κ2) is 13.7. The van der Waals surface area contributed by atoms with Gasteiger partial charge in [-0.3, -0.25) is 10.1 Å². The minimum Gasteiger partial charge on any atom is -0.480 e. The number of aliphatic carboxylic acids is 1. The predicted molar refractivity (Wildman–Crippen MR) is 170 cm³/mol. The van der Waals surface area contributed by atoms with Crippen LogP contribution in [0.5, 0.6) is 0 Å². The van der Waals surface area contributed by atoms with E-state index in [0.717, 1.165) is 54.7 Å². The number of rotatable bonds is 14. The van der Waals surface area contributed by atoms with Gasteiger partial charge in [-0.05, 0) is 55.9 Å². The van der Waals surface area contributed by atoms with Crippen LogP contribution >= 0.6 is 11.8 Å². The van der Waals surface area contributed by atoms with Gasteiger partial charge in [0.1, 0.15) is 5.54 Å². The molecule has 0 aliphatic carbocycles. The highest BCUT2D eigenvalue weighted by molar-refractivity contribution is 7.98. The van der Waals surface area contributed by atoms with Crippen molar-refractivity contribution in [3.8, 4) is 0 Å². The quantitative estimate of drug-likeness (QED) is 0.175. The van der Waals surface area contributed by atoms with E-state index in [1.165, 1.54) is 18.1 Å². The summed E-state index contributed by atoms with van der Waals surface area (Å²) in [5.74, 6) is -0.883. The highest BCUT2D eigenvalue weighted by atomic mass is 32.2. The van der Waals surface area contributed by atoms with Gasteiger partial charge in [-0.25, -0.2) is 13.4 Å². The molecule has 228 valence electrons. The van der Waals surface area contributed by atoms with Gasteiger partial charge in [-0.2, -0.15) is 0 Å². The number of nitrogens with one attached hydrogen (secondary N) is 2. The number of nitrogens with zero attached hydrogens (tertiary/aromatic N) is 2. The molecule has 1 aliphatic heterocycles. The molecule has 42 heavy (non-hydrogen) atoms. The minimum atomic E-state index is -3.65. The van der Waals surface area contributed by atoms with E-state index in [-0.39, 0.29) is 24.1 Å². The first-order valence-corrected chi connectivity index (χ1v) is 17.7.